The monoisotopic (exact) mass is 291 g/mol. The molecule has 0 bridgehead atoms. The van der Waals surface area contributed by atoms with E-state index in [1.54, 1.807) is 19.1 Å². The summed E-state index contributed by atoms with van der Waals surface area (Å²) < 4.78 is 20.3. The quantitative estimate of drug-likeness (QED) is 0.475. The summed E-state index contributed by atoms with van der Waals surface area (Å²) in [6.07, 6.45) is 0.620. The highest BCUT2D eigenvalue weighted by Gasteiger charge is 2.38. The molecule has 0 radical (unpaired) electrons. The second kappa shape index (κ2) is 9.25. The first kappa shape index (κ1) is 17.3. The van der Waals surface area contributed by atoms with Crippen LogP contribution in [0, 0.1) is 0 Å². The summed E-state index contributed by atoms with van der Waals surface area (Å²) in [5.74, 6) is -0.292. The van der Waals surface area contributed by atoms with Gasteiger partial charge in [-0.25, -0.2) is 0 Å². The summed E-state index contributed by atoms with van der Waals surface area (Å²) in [4.78, 5) is 13.8. The molecule has 0 aromatic carbocycles. The van der Waals surface area contributed by atoms with Gasteiger partial charge < -0.3 is 29.0 Å². The van der Waals surface area contributed by atoms with Crippen molar-refractivity contribution in [3.8, 4) is 0 Å². The largest absolute Gasteiger partial charge is 0.384 e. The Morgan fingerprint density at radius 1 is 1.15 bits per heavy atom. The van der Waals surface area contributed by atoms with Gasteiger partial charge in [0, 0.05) is 14.2 Å². The minimum absolute atomic E-state index is 0.0524. The molecule has 1 fully saturated rings. The van der Waals surface area contributed by atoms with E-state index in [-0.39, 0.29) is 31.6 Å². The summed E-state index contributed by atoms with van der Waals surface area (Å²) in [6.45, 7) is 2.65. The van der Waals surface area contributed by atoms with Gasteiger partial charge in [-0.1, -0.05) is 0 Å². The van der Waals surface area contributed by atoms with E-state index < -0.39 is 6.10 Å². The molecule has 0 saturated carbocycles. The third-order valence-electron chi connectivity index (χ3n) is 3.25. The molecule has 3 atom stereocenters. The summed E-state index contributed by atoms with van der Waals surface area (Å²) in [7, 11) is 3.10. The van der Waals surface area contributed by atoms with Crippen LogP contribution in [0.1, 0.15) is 19.8 Å². The van der Waals surface area contributed by atoms with Gasteiger partial charge in [0.25, 0.3) is 5.91 Å². The van der Waals surface area contributed by atoms with Crippen LogP contribution in [0.2, 0.25) is 0 Å². The van der Waals surface area contributed by atoms with E-state index in [1.165, 1.54) is 6.92 Å². The molecule has 0 aliphatic carbocycles. The Balaban J connectivity index is 2.58. The van der Waals surface area contributed by atoms with Crippen molar-refractivity contribution in [3.05, 3.63) is 0 Å². The Morgan fingerprint density at radius 3 is 1.95 bits per heavy atom. The zero-order valence-electron chi connectivity index (χ0n) is 12.4. The maximum atomic E-state index is 12.1. The lowest BCUT2D eigenvalue weighted by molar-refractivity contribution is -0.147. The lowest BCUT2D eigenvalue weighted by atomic mass is 10.2. The molecule has 20 heavy (non-hydrogen) atoms. The second-order valence-electron chi connectivity index (χ2n) is 4.86. The Morgan fingerprint density at radius 2 is 1.60 bits per heavy atom. The standard InChI is InChI=1S/C13H25NO6/c1-10(15)13(16)14-11(6-19-8-17-2)4-5-12(14)7-20-9-18-3/h10-12,15H,4-9H2,1-3H3/t10-,11-,12-/m1/s1. The number of aliphatic hydroxyl groups excluding tert-OH is 1. The molecular weight excluding hydrogens is 266 g/mol. The predicted octanol–water partition coefficient (Wildman–Crippen LogP) is -0.0322. The van der Waals surface area contributed by atoms with Gasteiger partial charge in [0.1, 0.15) is 19.7 Å². The van der Waals surface area contributed by atoms with Gasteiger partial charge in [-0.15, -0.1) is 0 Å². The lowest BCUT2D eigenvalue weighted by Gasteiger charge is -2.31. The fourth-order valence-corrected chi connectivity index (χ4v) is 2.40. The molecule has 0 spiro atoms. The van der Waals surface area contributed by atoms with E-state index in [4.69, 9.17) is 18.9 Å². The van der Waals surface area contributed by atoms with Gasteiger partial charge in [0.05, 0.1) is 25.3 Å². The van der Waals surface area contributed by atoms with Gasteiger partial charge in [-0.2, -0.15) is 0 Å². The first-order chi connectivity index (χ1) is 9.61. The van der Waals surface area contributed by atoms with Crippen LogP contribution >= 0.6 is 0 Å². The molecule has 1 amide bonds. The van der Waals surface area contributed by atoms with Crippen molar-refractivity contribution >= 4 is 5.91 Å². The maximum absolute atomic E-state index is 12.1. The minimum Gasteiger partial charge on any atom is -0.384 e. The van der Waals surface area contributed by atoms with Crippen LogP contribution in [0.4, 0.5) is 0 Å². The lowest BCUT2D eigenvalue weighted by Crippen LogP contribution is -2.48. The molecule has 1 heterocycles. The average Bonchev–Trinajstić information content (AvgIpc) is 2.81. The van der Waals surface area contributed by atoms with Crippen LogP contribution < -0.4 is 0 Å². The van der Waals surface area contributed by atoms with E-state index in [0.717, 1.165) is 12.8 Å². The molecule has 1 N–H and O–H groups in total. The molecule has 1 aliphatic rings. The van der Waals surface area contributed by atoms with Crippen molar-refractivity contribution in [1.82, 2.24) is 4.90 Å². The number of aliphatic hydroxyl groups is 1. The molecule has 0 aromatic rings. The van der Waals surface area contributed by atoms with E-state index in [9.17, 15) is 9.90 Å². The summed E-state index contributed by atoms with van der Waals surface area (Å²) in [5.41, 5.74) is 0. The van der Waals surface area contributed by atoms with E-state index in [0.29, 0.717) is 13.2 Å². The fraction of sp³-hybridized carbons (Fsp3) is 0.923. The molecule has 7 heteroatoms. The Labute approximate surface area is 119 Å². The van der Waals surface area contributed by atoms with E-state index in [1.807, 2.05) is 0 Å². The Kier molecular flexibility index (Phi) is 8.01. The minimum atomic E-state index is -1.03. The third kappa shape index (κ3) is 4.99. The number of amides is 1. The third-order valence-corrected chi connectivity index (χ3v) is 3.25. The van der Waals surface area contributed by atoms with Crippen molar-refractivity contribution in [1.29, 1.82) is 0 Å². The summed E-state index contributed by atoms with van der Waals surface area (Å²) in [5, 5.41) is 9.54. The smallest absolute Gasteiger partial charge is 0.251 e. The molecule has 118 valence electrons. The van der Waals surface area contributed by atoms with E-state index >= 15 is 0 Å². The van der Waals surface area contributed by atoms with Gasteiger partial charge >= 0.3 is 0 Å². The van der Waals surface area contributed by atoms with Crippen molar-refractivity contribution in [3.63, 3.8) is 0 Å². The van der Waals surface area contributed by atoms with Crippen LogP contribution in [0.25, 0.3) is 0 Å². The zero-order chi connectivity index (χ0) is 15.0. The summed E-state index contributed by atoms with van der Waals surface area (Å²) >= 11 is 0. The molecule has 1 aliphatic heterocycles. The fourth-order valence-electron chi connectivity index (χ4n) is 2.40. The van der Waals surface area contributed by atoms with Gasteiger partial charge in [-0.3, -0.25) is 4.79 Å². The first-order valence-corrected chi connectivity index (χ1v) is 6.75. The van der Waals surface area contributed by atoms with Crippen molar-refractivity contribution in [2.24, 2.45) is 0 Å². The topological polar surface area (TPSA) is 77.5 Å². The molecule has 0 unspecified atom stereocenters. The number of ether oxygens (including phenoxy) is 4. The highest BCUT2D eigenvalue weighted by molar-refractivity contribution is 5.81. The Hall–Kier alpha value is -0.730. The van der Waals surface area contributed by atoms with Gasteiger partial charge in [-0.05, 0) is 19.8 Å². The number of rotatable bonds is 9. The van der Waals surface area contributed by atoms with Gasteiger partial charge in [0.15, 0.2) is 0 Å². The second-order valence-corrected chi connectivity index (χ2v) is 4.86. The highest BCUT2D eigenvalue weighted by Crippen LogP contribution is 2.25. The number of carbonyl (C=O) groups is 1. The van der Waals surface area contributed by atoms with Crippen LogP contribution in [0.3, 0.4) is 0 Å². The first-order valence-electron chi connectivity index (χ1n) is 6.75. The van der Waals surface area contributed by atoms with Crippen LogP contribution in [0.5, 0.6) is 0 Å². The molecule has 1 saturated heterocycles. The van der Waals surface area contributed by atoms with Crippen molar-refractivity contribution in [2.75, 3.05) is 41.0 Å². The molecule has 0 aromatic heterocycles. The number of hydrogen-bond donors (Lipinski definition) is 1. The average molecular weight is 291 g/mol. The van der Waals surface area contributed by atoms with Crippen molar-refractivity contribution < 1.29 is 28.8 Å². The van der Waals surface area contributed by atoms with Crippen LogP contribution in [-0.4, -0.2) is 75.1 Å². The number of hydrogen-bond acceptors (Lipinski definition) is 6. The van der Waals surface area contributed by atoms with E-state index in [2.05, 4.69) is 0 Å². The SMILES string of the molecule is COCOC[C@H]1CC[C@H](COCOC)N1C(=O)[C@@H](C)O. The zero-order valence-corrected chi connectivity index (χ0v) is 12.4. The number of nitrogens with zero attached hydrogens (tertiary/aromatic N) is 1. The summed E-state index contributed by atoms with van der Waals surface area (Å²) in [6, 6.07) is -0.105. The van der Waals surface area contributed by atoms with Crippen molar-refractivity contribution in [2.45, 2.75) is 38.0 Å². The molecule has 1 rings (SSSR count). The number of methoxy groups -OCH3 is 2. The van der Waals surface area contributed by atoms with Crippen LogP contribution in [-0.2, 0) is 23.7 Å². The maximum Gasteiger partial charge on any atom is 0.251 e. The highest BCUT2D eigenvalue weighted by atomic mass is 16.7. The number of carbonyl (C=O) groups excluding carboxylic acids is 1. The number of likely N-dealkylation sites (tertiary alicyclic amines) is 1. The molecular formula is C13H25NO6. The van der Waals surface area contributed by atoms with Crippen LogP contribution in [0.15, 0.2) is 0 Å². The Bertz CT molecular complexity index is 268. The van der Waals surface area contributed by atoms with Gasteiger partial charge in [0.2, 0.25) is 0 Å². The normalized spacial score (nSPS) is 24.1. The predicted molar refractivity (Wildman–Crippen MR) is 71.0 cm³/mol. The molecule has 7 nitrogen and oxygen atoms in total.